The average molecular weight is 483 g/mol. The molecule has 0 saturated heterocycles. The maximum absolute atomic E-state index is 12.7. The van der Waals surface area contributed by atoms with Crippen molar-refractivity contribution >= 4 is 33.2 Å². The van der Waals surface area contributed by atoms with Gasteiger partial charge in [0.15, 0.2) is 0 Å². The first-order valence-electron chi connectivity index (χ1n) is 10.4. The predicted molar refractivity (Wildman–Crippen MR) is 131 cm³/mol. The van der Waals surface area contributed by atoms with Gasteiger partial charge in [-0.05, 0) is 73.7 Å². The molecule has 0 unspecified atom stereocenters. The second-order valence-corrected chi connectivity index (χ2v) is 9.01. The molecule has 3 rings (SSSR count). The van der Waals surface area contributed by atoms with E-state index in [1.54, 1.807) is 36.4 Å². The highest BCUT2D eigenvalue weighted by molar-refractivity contribution is 7.92. The highest BCUT2D eigenvalue weighted by atomic mass is 32.2. The van der Waals surface area contributed by atoms with Gasteiger partial charge in [-0.2, -0.15) is 0 Å². The number of nitrogens with one attached hydrogen (secondary N) is 3. The Balaban J connectivity index is 1.65. The number of hydrogen-bond donors (Lipinski definition) is 3. The van der Waals surface area contributed by atoms with Crippen LogP contribution in [-0.2, 0) is 10.0 Å². The summed E-state index contributed by atoms with van der Waals surface area (Å²) >= 11 is 0. The zero-order valence-corrected chi connectivity index (χ0v) is 19.8. The lowest BCUT2D eigenvalue weighted by Crippen LogP contribution is -2.41. The summed E-state index contributed by atoms with van der Waals surface area (Å²) in [7, 11) is -0.484. The molecule has 0 fully saturated rings. The Kier molecular flexibility index (Phi) is 7.75. The normalized spacial score (nSPS) is 10.8. The first-order valence-corrected chi connectivity index (χ1v) is 11.9. The molecule has 34 heavy (non-hydrogen) atoms. The third kappa shape index (κ3) is 6.04. The molecule has 0 radical (unpaired) electrons. The van der Waals surface area contributed by atoms with Gasteiger partial charge < -0.3 is 9.64 Å². The summed E-state index contributed by atoms with van der Waals surface area (Å²) in [6.45, 7) is 2.84. The van der Waals surface area contributed by atoms with Gasteiger partial charge in [-0.1, -0.05) is 6.07 Å². The van der Waals surface area contributed by atoms with Crippen molar-refractivity contribution in [2.45, 2.75) is 11.8 Å². The molecule has 3 aromatic rings. The number of carbonyl (C=O) groups excluding carboxylic acids is 2. The fourth-order valence-electron chi connectivity index (χ4n) is 2.99. The first-order chi connectivity index (χ1) is 16.2. The summed E-state index contributed by atoms with van der Waals surface area (Å²) in [5.74, 6) is -0.561. The Morgan fingerprint density at radius 2 is 1.50 bits per heavy atom. The SMILES string of the molecule is CCN(C)c1ccc(C(=O)NNC(=O)c2cccc(S(=O)(=O)Nc3ccc(OC)cc3)c2)cc1. The van der Waals surface area contributed by atoms with E-state index in [9.17, 15) is 18.0 Å². The second-order valence-electron chi connectivity index (χ2n) is 7.33. The highest BCUT2D eigenvalue weighted by Gasteiger charge is 2.17. The molecular weight excluding hydrogens is 456 g/mol. The number of carbonyl (C=O) groups is 2. The number of nitrogens with zero attached hydrogens (tertiary/aromatic N) is 1. The van der Waals surface area contributed by atoms with E-state index in [-0.39, 0.29) is 10.5 Å². The lowest BCUT2D eigenvalue weighted by Gasteiger charge is -2.16. The van der Waals surface area contributed by atoms with Crippen molar-refractivity contribution in [2.75, 3.05) is 30.3 Å². The second kappa shape index (κ2) is 10.7. The van der Waals surface area contributed by atoms with Gasteiger partial charge in [0, 0.05) is 36.1 Å². The van der Waals surface area contributed by atoms with Crippen molar-refractivity contribution in [1.82, 2.24) is 10.9 Å². The molecule has 0 aliphatic rings. The Bertz CT molecular complexity index is 1260. The molecule has 3 N–H and O–H groups in total. The van der Waals surface area contributed by atoms with Gasteiger partial charge in [0.25, 0.3) is 21.8 Å². The van der Waals surface area contributed by atoms with Crippen LogP contribution < -0.4 is 25.2 Å². The summed E-state index contributed by atoms with van der Waals surface area (Å²) in [6.07, 6.45) is 0. The molecule has 10 heteroatoms. The molecule has 2 amide bonds. The van der Waals surface area contributed by atoms with Crippen LogP contribution >= 0.6 is 0 Å². The van der Waals surface area contributed by atoms with Gasteiger partial charge in [0.05, 0.1) is 12.0 Å². The van der Waals surface area contributed by atoms with Crippen molar-refractivity contribution < 1.29 is 22.7 Å². The van der Waals surface area contributed by atoms with Crippen LogP contribution in [0.1, 0.15) is 27.6 Å². The van der Waals surface area contributed by atoms with E-state index in [1.165, 1.54) is 31.4 Å². The van der Waals surface area contributed by atoms with E-state index < -0.39 is 21.8 Å². The number of hydrazine groups is 1. The summed E-state index contributed by atoms with van der Waals surface area (Å²) in [6, 6.07) is 18.8. The van der Waals surface area contributed by atoms with E-state index in [0.29, 0.717) is 17.0 Å². The molecule has 3 aromatic carbocycles. The molecule has 0 saturated carbocycles. The number of rotatable bonds is 8. The number of hydrogen-bond acceptors (Lipinski definition) is 6. The van der Waals surface area contributed by atoms with Gasteiger partial charge >= 0.3 is 0 Å². The molecular formula is C24H26N4O5S. The van der Waals surface area contributed by atoms with E-state index in [0.717, 1.165) is 12.2 Å². The maximum atomic E-state index is 12.7. The largest absolute Gasteiger partial charge is 0.497 e. The van der Waals surface area contributed by atoms with Crippen LogP contribution in [0.5, 0.6) is 5.75 Å². The molecule has 0 aliphatic carbocycles. The fraction of sp³-hybridized carbons (Fsp3) is 0.167. The predicted octanol–water partition coefficient (Wildman–Crippen LogP) is 3.03. The molecule has 0 bridgehead atoms. The fourth-order valence-corrected chi connectivity index (χ4v) is 4.09. The van der Waals surface area contributed by atoms with Crippen LogP contribution in [0.15, 0.2) is 77.7 Å². The summed E-state index contributed by atoms with van der Waals surface area (Å²) in [4.78, 5) is 26.8. The van der Waals surface area contributed by atoms with Crippen molar-refractivity contribution in [3.8, 4) is 5.75 Å². The maximum Gasteiger partial charge on any atom is 0.269 e. The van der Waals surface area contributed by atoms with E-state index in [1.807, 2.05) is 31.0 Å². The van der Waals surface area contributed by atoms with E-state index in [2.05, 4.69) is 15.6 Å². The van der Waals surface area contributed by atoms with E-state index >= 15 is 0 Å². The van der Waals surface area contributed by atoms with E-state index in [4.69, 9.17) is 4.74 Å². The third-order valence-corrected chi connectivity index (χ3v) is 6.46. The topological polar surface area (TPSA) is 117 Å². The van der Waals surface area contributed by atoms with Gasteiger partial charge in [0.2, 0.25) is 0 Å². The standard InChI is InChI=1S/C24H26N4O5S/c1-4-28(2)20-12-8-17(9-13-20)23(29)25-26-24(30)18-6-5-7-22(16-18)34(31,32)27-19-10-14-21(33-3)15-11-19/h5-16,27H,4H2,1-3H3,(H,25,29)(H,26,30). The zero-order chi connectivity index (χ0) is 24.7. The lowest BCUT2D eigenvalue weighted by molar-refractivity contribution is 0.0846. The number of ether oxygens (including phenoxy) is 1. The van der Waals surface area contributed by atoms with Crippen LogP contribution in [0.3, 0.4) is 0 Å². The molecule has 0 aliphatic heterocycles. The molecule has 0 heterocycles. The Labute approximate surface area is 198 Å². The van der Waals surface area contributed by atoms with Crippen LogP contribution in [-0.4, -0.2) is 40.9 Å². The van der Waals surface area contributed by atoms with Crippen LogP contribution in [0, 0.1) is 0 Å². The number of sulfonamides is 1. The van der Waals surface area contributed by atoms with Crippen molar-refractivity contribution in [2.24, 2.45) is 0 Å². The van der Waals surface area contributed by atoms with Gasteiger partial charge in [-0.25, -0.2) is 8.42 Å². The molecule has 0 atom stereocenters. The Morgan fingerprint density at radius 1 is 0.882 bits per heavy atom. The Hall–Kier alpha value is -4.05. The monoisotopic (exact) mass is 482 g/mol. The summed E-state index contributed by atoms with van der Waals surface area (Å²) in [5, 5.41) is 0. The van der Waals surface area contributed by atoms with Crippen molar-refractivity contribution in [3.05, 3.63) is 83.9 Å². The number of amides is 2. The minimum atomic E-state index is -3.94. The minimum Gasteiger partial charge on any atom is -0.497 e. The van der Waals surface area contributed by atoms with Gasteiger partial charge in [-0.15, -0.1) is 0 Å². The lowest BCUT2D eigenvalue weighted by atomic mass is 10.2. The zero-order valence-electron chi connectivity index (χ0n) is 19.0. The van der Waals surface area contributed by atoms with Crippen molar-refractivity contribution in [3.63, 3.8) is 0 Å². The van der Waals surface area contributed by atoms with Crippen LogP contribution in [0.25, 0.3) is 0 Å². The molecule has 0 aromatic heterocycles. The third-order valence-electron chi connectivity index (χ3n) is 5.08. The number of benzene rings is 3. The van der Waals surface area contributed by atoms with Crippen molar-refractivity contribution in [1.29, 1.82) is 0 Å². The first kappa shape index (κ1) is 24.6. The van der Waals surface area contributed by atoms with Crippen LogP contribution in [0.2, 0.25) is 0 Å². The quantitative estimate of drug-likeness (QED) is 0.425. The van der Waals surface area contributed by atoms with Crippen LogP contribution in [0.4, 0.5) is 11.4 Å². The minimum absolute atomic E-state index is 0.0674. The molecule has 178 valence electrons. The summed E-state index contributed by atoms with van der Waals surface area (Å²) in [5.41, 5.74) is 6.39. The summed E-state index contributed by atoms with van der Waals surface area (Å²) < 4.78 is 33.0. The van der Waals surface area contributed by atoms with Gasteiger partial charge in [-0.3, -0.25) is 25.2 Å². The van der Waals surface area contributed by atoms with Gasteiger partial charge in [0.1, 0.15) is 5.75 Å². The number of anilines is 2. The number of methoxy groups -OCH3 is 1. The Morgan fingerprint density at radius 3 is 2.09 bits per heavy atom. The smallest absolute Gasteiger partial charge is 0.269 e. The molecule has 9 nitrogen and oxygen atoms in total. The average Bonchev–Trinajstić information content (AvgIpc) is 2.87. The highest BCUT2D eigenvalue weighted by Crippen LogP contribution is 2.20. The molecule has 0 spiro atoms.